The van der Waals surface area contributed by atoms with E-state index in [0.717, 1.165) is 43.4 Å². The molecule has 2 unspecified atom stereocenters. The van der Waals surface area contributed by atoms with Crippen molar-refractivity contribution in [2.75, 3.05) is 0 Å². The molecule has 1 saturated carbocycles. The lowest BCUT2D eigenvalue weighted by Crippen LogP contribution is -2.22. The Balaban J connectivity index is 1.59. The number of aryl methyl sites for hydroxylation is 2. The smallest absolute Gasteiger partial charge is 0.229 e. The van der Waals surface area contributed by atoms with Crippen molar-refractivity contribution < 1.29 is 14.6 Å². The fraction of sp³-hybridized carbons (Fsp3) is 0.476. The van der Waals surface area contributed by atoms with Crippen molar-refractivity contribution in [3.63, 3.8) is 0 Å². The molecule has 0 amide bonds. The zero-order chi connectivity index (χ0) is 17.6. The van der Waals surface area contributed by atoms with Crippen LogP contribution in [0.15, 0.2) is 47.1 Å². The molecule has 2 aromatic rings. The quantitative estimate of drug-likeness (QED) is 0.742. The van der Waals surface area contributed by atoms with Gasteiger partial charge >= 0.3 is 0 Å². The van der Waals surface area contributed by atoms with Crippen molar-refractivity contribution >= 4 is 0 Å². The van der Waals surface area contributed by atoms with Gasteiger partial charge in [0.1, 0.15) is 11.5 Å². The van der Waals surface area contributed by atoms with E-state index in [0.29, 0.717) is 6.42 Å². The van der Waals surface area contributed by atoms with Gasteiger partial charge in [0.25, 0.3) is 0 Å². The number of aromatic hydroxyl groups is 1. The van der Waals surface area contributed by atoms with Crippen LogP contribution in [0.2, 0.25) is 0 Å². The second-order valence-electron chi connectivity index (χ2n) is 7.01. The lowest BCUT2D eigenvalue weighted by Gasteiger charge is -2.21. The van der Waals surface area contributed by atoms with Crippen LogP contribution >= 0.6 is 0 Å². The highest BCUT2D eigenvalue weighted by molar-refractivity contribution is 5.27. The maximum absolute atomic E-state index is 10.5. The number of rotatable bonds is 7. The number of phenols is 1. The number of furan rings is 1. The maximum atomic E-state index is 10.5. The van der Waals surface area contributed by atoms with Crippen LogP contribution in [0.4, 0.5) is 0 Å². The molecule has 1 aromatic carbocycles. The minimum Gasteiger partial charge on any atom is -0.508 e. The largest absolute Gasteiger partial charge is 0.508 e. The van der Waals surface area contributed by atoms with Crippen LogP contribution in [0.1, 0.15) is 37.0 Å². The molecular formula is C21H25NO3. The Morgan fingerprint density at radius 3 is 2.72 bits per heavy atom. The summed E-state index contributed by atoms with van der Waals surface area (Å²) in [5, 5.41) is 20.1. The van der Waals surface area contributed by atoms with Crippen LogP contribution < -0.4 is 0 Å². The fourth-order valence-electron chi connectivity index (χ4n) is 4.14. The monoisotopic (exact) mass is 339 g/mol. The molecule has 1 heterocycles. The molecular weight excluding hydrogens is 314 g/mol. The minimum atomic E-state index is -0.384. The van der Waals surface area contributed by atoms with E-state index in [-0.39, 0.29) is 29.7 Å². The molecule has 2 N–H and O–H groups in total. The van der Waals surface area contributed by atoms with Crippen LogP contribution in [0, 0.1) is 18.4 Å². The molecule has 3 rings (SSSR count). The van der Waals surface area contributed by atoms with Crippen molar-refractivity contribution in [2.45, 2.75) is 50.7 Å². The third kappa shape index (κ3) is 4.43. The highest BCUT2D eigenvalue weighted by Gasteiger charge is 2.45. The summed E-state index contributed by atoms with van der Waals surface area (Å²) in [4.78, 5) is 3.78. The van der Waals surface area contributed by atoms with E-state index in [1.54, 1.807) is 18.4 Å². The van der Waals surface area contributed by atoms with Crippen LogP contribution in [0.3, 0.4) is 0 Å². The normalized spacial score (nSPS) is 25.8. The Labute approximate surface area is 148 Å². The summed E-state index contributed by atoms with van der Waals surface area (Å²) in [5.74, 6) is 1.64. The number of hydrogen-bond donors (Lipinski definition) is 2. The first-order chi connectivity index (χ1) is 12.2. The Hall–Kier alpha value is -2.25. The summed E-state index contributed by atoms with van der Waals surface area (Å²) in [5.41, 5.74) is 1.08. The molecule has 1 fully saturated rings. The average Bonchev–Trinajstić information content (AvgIpc) is 3.22. The highest BCUT2D eigenvalue weighted by Crippen LogP contribution is 2.40. The third-order valence-corrected chi connectivity index (χ3v) is 5.40. The summed E-state index contributed by atoms with van der Waals surface area (Å²) >= 11 is 0. The molecule has 1 aliphatic rings. The standard InChI is InChI=1S/C21H25NO3/c1-22-20-14-21(24)19(9-3-7-17-8-4-12-25-17)18(20)11-10-15-5-2-6-16(23)13-15/h2,4-6,8,12-13,18-21,23-24H,3,7,9-11,14H2/t18-,19-,20?,21?/m1/s1. The van der Waals surface area contributed by atoms with Gasteiger partial charge in [-0.3, -0.25) is 0 Å². The molecule has 0 radical (unpaired) electrons. The van der Waals surface area contributed by atoms with E-state index < -0.39 is 0 Å². The zero-order valence-electron chi connectivity index (χ0n) is 14.3. The zero-order valence-corrected chi connectivity index (χ0v) is 14.3. The highest BCUT2D eigenvalue weighted by atomic mass is 16.3. The van der Waals surface area contributed by atoms with Crippen molar-refractivity contribution in [3.05, 3.63) is 65.4 Å². The van der Waals surface area contributed by atoms with Crippen molar-refractivity contribution in [2.24, 2.45) is 11.8 Å². The number of aliphatic hydroxyl groups is 1. The number of phenolic OH excluding ortho intramolecular Hbond substituents is 1. The molecule has 0 saturated heterocycles. The topological polar surface area (TPSA) is 58.0 Å². The molecule has 4 heteroatoms. The van der Waals surface area contributed by atoms with Crippen LogP contribution in [0.25, 0.3) is 4.85 Å². The average molecular weight is 339 g/mol. The van der Waals surface area contributed by atoms with E-state index in [2.05, 4.69) is 4.85 Å². The number of aliphatic hydroxyl groups excluding tert-OH is 1. The Morgan fingerprint density at radius 1 is 1.12 bits per heavy atom. The fourth-order valence-corrected chi connectivity index (χ4v) is 4.14. The molecule has 25 heavy (non-hydrogen) atoms. The van der Waals surface area contributed by atoms with E-state index >= 15 is 0 Å². The van der Waals surface area contributed by atoms with Gasteiger partial charge in [0.05, 0.1) is 12.4 Å². The summed E-state index contributed by atoms with van der Waals surface area (Å²) < 4.78 is 5.38. The molecule has 1 aliphatic carbocycles. The van der Waals surface area contributed by atoms with Gasteiger partial charge in [0.2, 0.25) is 6.04 Å². The Morgan fingerprint density at radius 2 is 2.00 bits per heavy atom. The number of nitrogens with zero attached hydrogens (tertiary/aromatic N) is 1. The van der Waals surface area contributed by atoms with Gasteiger partial charge in [-0.05, 0) is 61.4 Å². The molecule has 4 atom stereocenters. The first-order valence-corrected chi connectivity index (χ1v) is 9.02. The minimum absolute atomic E-state index is 0.0964. The predicted molar refractivity (Wildman–Crippen MR) is 96.1 cm³/mol. The lowest BCUT2D eigenvalue weighted by atomic mass is 9.84. The van der Waals surface area contributed by atoms with Crippen molar-refractivity contribution in [3.8, 4) is 5.75 Å². The van der Waals surface area contributed by atoms with Gasteiger partial charge in [0, 0.05) is 18.8 Å². The van der Waals surface area contributed by atoms with Gasteiger partial charge in [-0.25, -0.2) is 6.57 Å². The second-order valence-corrected chi connectivity index (χ2v) is 7.01. The van der Waals surface area contributed by atoms with Crippen molar-refractivity contribution in [1.29, 1.82) is 0 Å². The first-order valence-electron chi connectivity index (χ1n) is 9.02. The van der Waals surface area contributed by atoms with Gasteiger partial charge in [-0.15, -0.1) is 0 Å². The molecule has 0 aliphatic heterocycles. The first kappa shape index (κ1) is 17.6. The van der Waals surface area contributed by atoms with Gasteiger partial charge in [-0.2, -0.15) is 0 Å². The van der Waals surface area contributed by atoms with E-state index in [9.17, 15) is 10.2 Å². The molecule has 0 spiro atoms. The van der Waals surface area contributed by atoms with Gasteiger partial charge in [0.15, 0.2) is 0 Å². The van der Waals surface area contributed by atoms with Crippen LogP contribution in [0.5, 0.6) is 5.75 Å². The Bertz CT molecular complexity index is 704. The van der Waals surface area contributed by atoms with E-state index in [1.807, 2.05) is 24.3 Å². The summed E-state index contributed by atoms with van der Waals surface area (Å²) in [7, 11) is 0. The molecule has 1 aromatic heterocycles. The predicted octanol–water partition coefficient (Wildman–Crippen LogP) is 4.23. The van der Waals surface area contributed by atoms with Crippen molar-refractivity contribution in [1.82, 2.24) is 0 Å². The van der Waals surface area contributed by atoms with E-state index in [1.165, 1.54) is 0 Å². The lowest BCUT2D eigenvalue weighted by molar-refractivity contribution is 0.108. The maximum Gasteiger partial charge on any atom is 0.229 e. The summed E-state index contributed by atoms with van der Waals surface area (Å²) in [6.07, 6.45) is 6.34. The SMILES string of the molecule is [C-]#[N+]C1CC(O)[C@H](CCCc2ccco2)[C@H]1CCc1cccc(O)c1. The molecule has 132 valence electrons. The van der Waals surface area contributed by atoms with Crippen LogP contribution in [-0.2, 0) is 12.8 Å². The number of hydrogen-bond acceptors (Lipinski definition) is 3. The van der Waals surface area contributed by atoms with Gasteiger partial charge in [-0.1, -0.05) is 12.1 Å². The summed E-state index contributed by atoms with van der Waals surface area (Å²) in [6.45, 7) is 7.48. The molecule has 4 nitrogen and oxygen atoms in total. The van der Waals surface area contributed by atoms with Crippen LogP contribution in [-0.4, -0.2) is 22.4 Å². The molecule has 0 bridgehead atoms. The third-order valence-electron chi connectivity index (χ3n) is 5.40. The van der Waals surface area contributed by atoms with Gasteiger partial charge < -0.3 is 19.5 Å². The summed E-state index contributed by atoms with van der Waals surface area (Å²) in [6, 6.07) is 11.1. The van der Waals surface area contributed by atoms with E-state index in [4.69, 9.17) is 11.0 Å². The number of benzene rings is 1. The second kappa shape index (κ2) is 8.22. The Kier molecular flexibility index (Phi) is 5.78.